The first-order chi connectivity index (χ1) is 24.0. The molecule has 7 aromatic rings. The zero-order valence-electron chi connectivity index (χ0n) is 26.3. The molecule has 244 valence electrons. The van der Waals surface area contributed by atoms with Crippen molar-refractivity contribution in [2.24, 2.45) is 0 Å². The van der Waals surface area contributed by atoms with E-state index in [1.54, 1.807) is 38.1 Å². The number of halogens is 4. The Morgan fingerprint density at radius 2 is 0.660 bits per heavy atom. The van der Waals surface area contributed by atoms with Crippen molar-refractivity contribution in [1.82, 2.24) is 9.80 Å². The van der Waals surface area contributed by atoms with Crippen molar-refractivity contribution in [3.05, 3.63) is 138 Å². The molecule has 0 fully saturated rings. The van der Waals surface area contributed by atoms with Crippen LogP contribution in [0.15, 0.2) is 84.9 Å². The fourth-order valence-corrected chi connectivity index (χ4v) is 9.15. The number of fused-ring (bicyclic) bond motifs is 2. The highest BCUT2D eigenvalue weighted by atomic mass is 35.5. The Hall–Kier alpha value is -4.72. The molecule has 2 heterocycles. The molecule has 2 aliphatic heterocycles. The van der Waals surface area contributed by atoms with Crippen LogP contribution < -0.4 is 0 Å². The molecule has 0 aromatic heterocycles. The van der Waals surface area contributed by atoms with Crippen LogP contribution in [0, 0.1) is 0 Å². The molecule has 0 aliphatic carbocycles. The molecule has 0 saturated heterocycles. The maximum absolute atomic E-state index is 14.2. The Kier molecular flexibility index (Phi) is 6.81. The molecule has 2 aliphatic rings. The van der Waals surface area contributed by atoms with Gasteiger partial charge in [0, 0.05) is 63.2 Å². The summed E-state index contributed by atoms with van der Waals surface area (Å²) >= 11 is 28.5. The molecule has 0 N–H and O–H groups in total. The fraction of sp³-hybridized carbons (Fsp3) is 0.100. The first-order valence-electron chi connectivity index (χ1n) is 15.8. The van der Waals surface area contributed by atoms with Crippen LogP contribution in [0.5, 0.6) is 0 Å². The summed E-state index contributed by atoms with van der Waals surface area (Å²) in [4.78, 5) is 59.4. The van der Waals surface area contributed by atoms with E-state index in [4.69, 9.17) is 46.4 Å². The van der Waals surface area contributed by atoms with Crippen molar-refractivity contribution < 1.29 is 19.2 Å². The van der Waals surface area contributed by atoms with Crippen molar-refractivity contribution in [3.63, 3.8) is 0 Å². The van der Waals surface area contributed by atoms with Gasteiger partial charge in [0.25, 0.3) is 23.6 Å². The molecule has 50 heavy (non-hydrogen) atoms. The molecular formula is C40H22Cl4N2O4. The highest BCUT2D eigenvalue weighted by Gasteiger charge is 2.42. The van der Waals surface area contributed by atoms with Gasteiger partial charge in [0.1, 0.15) is 0 Å². The molecule has 0 spiro atoms. The van der Waals surface area contributed by atoms with Gasteiger partial charge in [-0.2, -0.15) is 0 Å². The van der Waals surface area contributed by atoms with Crippen LogP contribution in [-0.2, 0) is 0 Å². The van der Waals surface area contributed by atoms with Crippen molar-refractivity contribution >= 4 is 113 Å². The number of amides is 4. The van der Waals surface area contributed by atoms with Gasteiger partial charge in [-0.3, -0.25) is 29.0 Å². The molecule has 0 saturated carbocycles. The first-order valence-corrected chi connectivity index (χ1v) is 17.4. The normalized spacial score (nSPS) is 15.7. The average molecular weight is 736 g/mol. The summed E-state index contributed by atoms with van der Waals surface area (Å²) in [7, 11) is 0. The lowest BCUT2D eigenvalue weighted by atomic mass is 9.81. The lowest BCUT2D eigenvalue weighted by molar-refractivity contribution is 0.0534. The van der Waals surface area contributed by atoms with Gasteiger partial charge in [0.15, 0.2) is 0 Å². The van der Waals surface area contributed by atoms with Crippen LogP contribution in [0.25, 0.3) is 43.1 Å². The number of benzene rings is 7. The minimum atomic E-state index is -0.579. The van der Waals surface area contributed by atoms with E-state index in [1.807, 2.05) is 60.7 Å². The van der Waals surface area contributed by atoms with Gasteiger partial charge in [0.05, 0.1) is 34.3 Å². The minimum Gasteiger partial charge on any atom is -0.269 e. The van der Waals surface area contributed by atoms with Crippen molar-refractivity contribution in [1.29, 1.82) is 0 Å². The predicted octanol–water partition coefficient (Wildman–Crippen LogP) is 11.1. The summed E-state index contributed by atoms with van der Waals surface area (Å²) in [6.07, 6.45) is 0. The van der Waals surface area contributed by atoms with Gasteiger partial charge in [-0.05, 0) is 49.2 Å². The highest BCUT2D eigenvalue weighted by molar-refractivity contribution is 6.56. The molecule has 2 atom stereocenters. The molecular weight excluding hydrogens is 714 g/mol. The topological polar surface area (TPSA) is 74.8 Å². The van der Waals surface area contributed by atoms with Crippen LogP contribution in [0.2, 0.25) is 20.1 Å². The molecule has 4 amide bonds. The summed E-state index contributed by atoms with van der Waals surface area (Å²) in [6.45, 7) is 3.59. The number of rotatable bonds is 4. The number of hydrogen-bond acceptors (Lipinski definition) is 4. The van der Waals surface area contributed by atoms with Crippen molar-refractivity contribution in [3.8, 4) is 0 Å². The summed E-state index contributed by atoms with van der Waals surface area (Å²) < 4.78 is 0. The second-order valence-corrected chi connectivity index (χ2v) is 14.4. The first kappa shape index (κ1) is 31.3. The Bertz CT molecular complexity index is 2390. The van der Waals surface area contributed by atoms with Gasteiger partial charge < -0.3 is 0 Å². The molecule has 7 aromatic carbocycles. The molecule has 6 nitrogen and oxygen atoms in total. The third-order valence-corrected chi connectivity index (χ3v) is 11.4. The number of hydrogen-bond donors (Lipinski definition) is 0. The van der Waals surface area contributed by atoms with E-state index in [-0.39, 0.29) is 42.3 Å². The predicted molar refractivity (Wildman–Crippen MR) is 198 cm³/mol. The Morgan fingerprint density at radius 1 is 0.400 bits per heavy atom. The SMILES string of the molecule is C[C@@H](c1ccccc1)N1C(=O)c2cc(Cl)c3c4c(Cl)cc5c6c(cc(Cl)c(c7c(Cl)cc(c2c37)C1=O)c64)C(=O)N([C@@H](C)c1ccccc1)C5=O. The van der Waals surface area contributed by atoms with E-state index in [9.17, 15) is 19.2 Å². The number of nitrogens with zero attached hydrogens (tertiary/aromatic N) is 2. The van der Waals surface area contributed by atoms with Crippen LogP contribution in [-0.4, -0.2) is 33.4 Å². The largest absolute Gasteiger partial charge is 0.269 e. The van der Waals surface area contributed by atoms with Crippen LogP contribution in [0.3, 0.4) is 0 Å². The average Bonchev–Trinajstić information content (AvgIpc) is 3.11. The van der Waals surface area contributed by atoms with Gasteiger partial charge in [-0.1, -0.05) is 107 Å². The Balaban J connectivity index is 1.36. The summed E-state index contributed by atoms with van der Waals surface area (Å²) in [5.74, 6) is -2.01. The fourth-order valence-electron chi connectivity index (χ4n) is 7.96. The standard InChI is InChI=1S/C40H22Cl4N2O4/c1-17(19-9-5-3-6-10-19)45-37(47)21-13-25(41)31-33-27(43)15-23-30-24(40(50)46(39(23)49)18(2)20-11-7-4-8-12-20)16-28(44)34(36(30)33)32-26(42)14-22(38(45)48)29(21)35(31)32/h3-18H,1-2H3/t17-,18-/m0/s1. The van der Waals surface area contributed by atoms with E-state index in [0.717, 1.165) is 11.1 Å². The molecule has 0 radical (unpaired) electrons. The summed E-state index contributed by atoms with van der Waals surface area (Å²) in [6, 6.07) is 23.6. The number of imide groups is 2. The Labute approximate surface area is 305 Å². The van der Waals surface area contributed by atoms with E-state index in [2.05, 4.69) is 0 Å². The van der Waals surface area contributed by atoms with E-state index in [0.29, 0.717) is 43.1 Å². The number of carbonyl (C=O) groups is 4. The van der Waals surface area contributed by atoms with Crippen LogP contribution >= 0.6 is 46.4 Å². The van der Waals surface area contributed by atoms with Gasteiger partial charge in [-0.15, -0.1) is 0 Å². The summed E-state index contributed by atoms with van der Waals surface area (Å²) in [5.41, 5.74) is 2.52. The van der Waals surface area contributed by atoms with Crippen LogP contribution in [0.4, 0.5) is 0 Å². The zero-order valence-corrected chi connectivity index (χ0v) is 29.3. The third-order valence-electron chi connectivity index (χ3n) is 10.3. The maximum atomic E-state index is 14.2. The smallest absolute Gasteiger partial charge is 0.262 e. The molecule has 0 bridgehead atoms. The lowest BCUT2D eigenvalue weighted by Gasteiger charge is -2.34. The quantitative estimate of drug-likeness (QED) is 0.102. The maximum Gasteiger partial charge on any atom is 0.262 e. The number of carbonyl (C=O) groups excluding carboxylic acids is 4. The van der Waals surface area contributed by atoms with Gasteiger partial charge in [0.2, 0.25) is 0 Å². The van der Waals surface area contributed by atoms with Crippen LogP contribution in [0.1, 0.15) is 78.5 Å². The highest BCUT2D eigenvalue weighted by Crippen LogP contribution is 2.54. The second-order valence-electron chi connectivity index (χ2n) is 12.8. The van der Waals surface area contributed by atoms with Gasteiger partial charge >= 0.3 is 0 Å². The molecule has 10 heteroatoms. The minimum absolute atomic E-state index is 0.189. The lowest BCUT2D eigenvalue weighted by Crippen LogP contribution is -2.42. The monoisotopic (exact) mass is 734 g/mol. The van der Waals surface area contributed by atoms with Crippen molar-refractivity contribution in [2.75, 3.05) is 0 Å². The second kappa shape index (κ2) is 10.9. The van der Waals surface area contributed by atoms with Gasteiger partial charge in [-0.25, -0.2) is 0 Å². The van der Waals surface area contributed by atoms with Crippen molar-refractivity contribution in [2.45, 2.75) is 25.9 Å². The Morgan fingerprint density at radius 3 is 0.920 bits per heavy atom. The summed E-state index contributed by atoms with van der Waals surface area (Å²) in [5, 5.41) is 4.18. The van der Waals surface area contributed by atoms with E-state index < -0.39 is 35.7 Å². The third kappa shape index (κ3) is 3.99. The van der Waals surface area contributed by atoms with E-state index >= 15 is 0 Å². The van der Waals surface area contributed by atoms with E-state index in [1.165, 1.54) is 9.80 Å². The molecule has 0 unspecified atom stereocenters. The molecule has 9 rings (SSSR count). The zero-order chi connectivity index (χ0) is 34.9.